The van der Waals surface area contributed by atoms with Crippen molar-refractivity contribution in [1.29, 1.82) is 10.8 Å². The Balaban J connectivity index is 1.73. The number of hydrogen-bond acceptors (Lipinski definition) is 23. The summed E-state index contributed by atoms with van der Waals surface area (Å²) in [5.74, 6) is -18.5. The van der Waals surface area contributed by atoms with E-state index in [1.165, 1.54) is 13.8 Å². The van der Waals surface area contributed by atoms with Crippen molar-refractivity contribution in [1.82, 2.24) is 69.1 Å². The molecule has 4 rings (SSSR count). The molecule has 0 radical (unpaired) electrons. The maximum Gasteiger partial charge on any atom is 0.243 e. The average molecular weight is 1720 g/mol. The lowest BCUT2D eigenvalue weighted by molar-refractivity contribution is -0.137. The molecule has 26 N–H and O–H groups in total. The van der Waals surface area contributed by atoms with Crippen molar-refractivity contribution >= 4 is 112 Å². The number of primary amides is 1. The summed E-state index contributed by atoms with van der Waals surface area (Å²) >= 11 is 0. The molecule has 0 aromatic heterocycles. The van der Waals surface area contributed by atoms with E-state index in [9.17, 15) is 77.0 Å². The van der Waals surface area contributed by atoms with Gasteiger partial charge in [0.1, 0.15) is 47.8 Å². The Morgan fingerprint density at radius 1 is 0.545 bits per heavy atom. The molecule has 13 atom stereocenters. The smallest absolute Gasteiger partial charge is 0.243 e. The molecule has 123 heavy (non-hydrogen) atoms. The number of carbonyl (C=O) groups excluding carboxylic acids is 17. The Morgan fingerprint density at radius 3 is 1.72 bits per heavy atom. The molecule has 2 aliphatic rings. The van der Waals surface area contributed by atoms with Gasteiger partial charge in [0.2, 0.25) is 65.0 Å². The highest BCUT2D eigenvalue weighted by Gasteiger charge is 2.39. The number of guanidine groups is 2. The largest absolute Gasteiger partial charge is 0.391 e. The predicted octanol–water partition coefficient (Wildman–Crippen LogP) is -1.01. The second-order valence-electron chi connectivity index (χ2n) is 32.4. The van der Waals surface area contributed by atoms with Crippen molar-refractivity contribution in [3.05, 3.63) is 71.8 Å². The van der Waals surface area contributed by atoms with Crippen LogP contribution >= 0.6 is 0 Å². The summed E-state index contributed by atoms with van der Waals surface area (Å²) in [4.78, 5) is 241. The molecule has 38 nitrogen and oxygen atoms in total. The van der Waals surface area contributed by atoms with Gasteiger partial charge in [0.25, 0.3) is 0 Å². The summed E-state index contributed by atoms with van der Waals surface area (Å²) < 4.78 is 0. The monoisotopic (exact) mass is 1720 g/mol. The van der Waals surface area contributed by atoms with E-state index in [0.29, 0.717) is 31.4 Å². The molecule has 1 unspecified atom stereocenters. The first-order valence-corrected chi connectivity index (χ1v) is 43.0. The summed E-state index contributed by atoms with van der Waals surface area (Å²) in [6, 6.07) is 5.92. The van der Waals surface area contributed by atoms with Gasteiger partial charge in [-0.05, 0) is 153 Å². The van der Waals surface area contributed by atoms with Gasteiger partial charge in [0, 0.05) is 101 Å². The normalized spacial score (nSPS) is 22.1. The van der Waals surface area contributed by atoms with E-state index in [4.69, 9.17) is 39.5 Å². The minimum Gasteiger partial charge on any atom is -0.391 e. The first-order valence-electron chi connectivity index (χ1n) is 43.0. The Kier molecular flexibility index (Phi) is 48.7. The molecule has 0 bridgehead atoms. The van der Waals surface area contributed by atoms with Gasteiger partial charge < -0.3 is 103 Å². The van der Waals surface area contributed by atoms with Crippen LogP contribution in [-0.2, 0) is 94.5 Å². The number of carbonyl (C=O) groups is 17. The van der Waals surface area contributed by atoms with Crippen molar-refractivity contribution < 1.29 is 86.6 Å². The van der Waals surface area contributed by atoms with Gasteiger partial charge in [-0.2, -0.15) is 0 Å². The van der Waals surface area contributed by atoms with Crippen LogP contribution in [0.15, 0.2) is 60.7 Å². The first-order chi connectivity index (χ1) is 58.6. The molecule has 2 saturated heterocycles. The van der Waals surface area contributed by atoms with E-state index in [2.05, 4.69) is 69.1 Å². The Bertz CT molecular complexity index is 3850. The number of amides is 11. The van der Waals surface area contributed by atoms with Crippen molar-refractivity contribution in [2.45, 2.75) is 268 Å². The van der Waals surface area contributed by atoms with Gasteiger partial charge in [-0.15, -0.1) is 0 Å². The summed E-state index contributed by atoms with van der Waals surface area (Å²) in [5.41, 5.74) is 30.2. The molecule has 2 aromatic carbocycles. The van der Waals surface area contributed by atoms with Crippen LogP contribution in [0.5, 0.6) is 0 Å². The fourth-order valence-electron chi connectivity index (χ4n) is 14.4. The van der Waals surface area contributed by atoms with Crippen LogP contribution in [0.25, 0.3) is 0 Å². The maximum atomic E-state index is 15.2. The van der Waals surface area contributed by atoms with E-state index >= 15 is 9.59 Å². The van der Waals surface area contributed by atoms with E-state index < -0.39 is 229 Å². The molecule has 11 amide bonds. The minimum atomic E-state index is -1.81. The Morgan fingerprint density at radius 2 is 1.11 bits per heavy atom. The molecule has 682 valence electrons. The van der Waals surface area contributed by atoms with Gasteiger partial charge >= 0.3 is 0 Å². The third kappa shape index (κ3) is 42.1. The number of aliphatic hydroxyl groups is 1. The molecule has 2 fully saturated rings. The molecule has 0 saturated carbocycles. The van der Waals surface area contributed by atoms with Crippen LogP contribution < -0.4 is 97.8 Å². The highest BCUT2D eigenvalue weighted by molar-refractivity contribution is 6.01. The van der Waals surface area contributed by atoms with Gasteiger partial charge in [-0.3, -0.25) is 92.3 Å². The van der Waals surface area contributed by atoms with Crippen LogP contribution in [0.3, 0.4) is 0 Å². The van der Waals surface area contributed by atoms with E-state index in [0.717, 1.165) is 5.56 Å². The minimum absolute atomic E-state index is 0.0169. The highest BCUT2D eigenvalue weighted by atomic mass is 16.3. The van der Waals surface area contributed by atoms with Crippen LogP contribution in [0, 0.1) is 40.4 Å². The highest BCUT2D eigenvalue weighted by Crippen LogP contribution is 2.24. The lowest BCUT2D eigenvalue weighted by Gasteiger charge is -2.28. The maximum absolute atomic E-state index is 15.2. The standard InChI is InChI=1S/C85H134N20O18/c1-51(2)40-58-45-70(111)63(29-14-17-35-86)99-80(120)66(32-21-39-96-85(91)92)101-81(121)65(31-16-19-37-94-73(114)47-67(75(88)115)103-78(58)118)102-83(123)68-46-60(107)28-13-7-12-26-56(76(116)98-52(3)69(110)43-57(27-20-38-95-84(89)90)77(117)100-64(82(122)104-68)30-15-18-36-87)44-71(112)74(53(4)106)105-79(119)59(41-54-22-8-5-9-23-54)42-62(109)50-97-72(113)34-33-61(108)49-93-48-55-24-10-6-11-25-55/h5-6,8-11,22-25,51-53,56-59,63-68,74,93,106H,7,12-21,26-50,86-87H2,1-4H3,(H2,88,115)(H,94,114)(H,97,113)(H,98,116)(H,99,120)(H,100,117)(H,101,121)(H,102,123)(H,103,118)(H,104,122)(H,105,119)(H4,89,90,95)(H4,91,92,96)/t52-,53?,56+,57+,58+,59+,63-,64-,65-,66-,67-,68-,74-/m0/s1. The molecule has 38 heteroatoms. The van der Waals surface area contributed by atoms with Crippen LogP contribution in [-0.4, -0.2) is 217 Å². The fraction of sp³-hybridized carbons (Fsp3) is 0.635. The predicted molar refractivity (Wildman–Crippen MR) is 458 cm³/mol. The zero-order valence-electron chi connectivity index (χ0n) is 71.6. The van der Waals surface area contributed by atoms with E-state index in [1.54, 1.807) is 30.3 Å². The number of hydrogen-bond donors (Lipinski definition) is 21. The molecule has 2 aromatic rings. The molecule has 0 aliphatic carbocycles. The zero-order valence-corrected chi connectivity index (χ0v) is 71.6. The second kappa shape index (κ2) is 57.4. The topological polar surface area (TPSA) is 645 Å². The lowest BCUT2D eigenvalue weighted by Crippen LogP contribution is -2.59. The van der Waals surface area contributed by atoms with Crippen LogP contribution in [0.4, 0.5) is 0 Å². The number of nitrogens with one attached hydrogen (secondary N) is 15. The fourth-order valence-corrected chi connectivity index (χ4v) is 14.4. The average Bonchev–Trinajstić information content (AvgIpc) is 0.852. The second-order valence-corrected chi connectivity index (χ2v) is 32.4. The van der Waals surface area contributed by atoms with Gasteiger partial charge in [-0.1, -0.05) is 87.4 Å². The van der Waals surface area contributed by atoms with Crippen LogP contribution in [0.1, 0.15) is 212 Å². The quantitative estimate of drug-likeness (QED) is 0.0216. The Hall–Kier alpha value is -11.0. The number of unbranched alkanes of at least 4 members (excludes halogenated alkanes) is 2. The third-order valence-electron chi connectivity index (χ3n) is 21.3. The Labute approximate surface area is 719 Å². The molecule has 2 aliphatic heterocycles. The van der Waals surface area contributed by atoms with E-state index in [-0.39, 0.29) is 173 Å². The third-order valence-corrected chi connectivity index (χ3v) is 21.3. The van der Waals surface area contributed by atoms with E-state index in [1.807, 2.05) is 44.2 Å². The summed E-state index contributed by atoms with van der Waals surface area (Å²) in [6.45, 7) is 6.58. The van der Waals surface area contributed by atoms with Gasteiger partial charge in [0.05, 0.1) is 37.7 Å². The van der Waals surface area contributed by atoms with Crippen molar-refractivity contribution in [2.75, 3.05) is 45.8 Å². The number of Topliss-reactive ketones (excluding diaryl/α,β-unsaturated/α-hetero) is 6. The number of aliphatic hydroxyl groups excluding tert-OH is 1. The van der Waals surface area contributed by atoms with Gasteiger partial charge in [-0.25, -0.2) is 0 Å². The van der Waals surface area contributed by atoms with Gasteiger partial charge in [0.15, 0.2) is 35.1 Å². The van der Waals surface area contributed by atoms with Crippen molar-refractivity contribution in [3.63, 3.8) is 0 Å². The van der Waals surface area contributed by atoms with Crippen molar-refractivity contribution in [3.8, 4) is 0 Å². The zero-order chi connectivity index (χ0) is 90.9. The number of rotatable bonds is 40. The summed E-state index contributed by atoms with van der Waals surface area (Å²) in [5, 5.41) is 61.6. The molecular formula is C85H134N20O18. The molecular weight excluding hydrogens is 1590 g/mol. The van der Waals surface area contributed by atoms with Crippen LogP contribution in [0.2, 0.25) is 0 Å². The number of benzene rings is 2. The number of ketones is 6. The summed E-state index contributed by atoms with van der Waals surface area (Å²) in [7, 11) is 0. The molecule has 2 heterocycles. The summed E-state index contributed by atoms with van der Waals surface area (Å²) in [6.07, 6.45) is -3.89. The lowest BCUT2D eigenvalue weighted by atomic mass is 9.88. The molecule has 0 spiro atoms. The first kappa shape index (κ1) is 104. The SMILES string of the molecule is CC(C)C[C@@H]1CC(=O)[C@H](CCCCN)NC(=O)[C@H](CCCNC(=N)N)NC(=O)[C@@H](NC(=O)[C@@H]2CC(=O)CCCCC[C@H](CC(=O)[C@@H](NC(=O)[C@@H](CC(=O)CNC(=O)CCC(=O)CNCc3ccccc3)Cc3ccccc3)C(C)O)C(=O)N[C@@H](C)C(=O)C[C@@H](CCCNC(=N)N)C(=O)N[C@@H](CCCCN)C(=O)N2)CCCCNC(=O)C[C@@H](C(N)=O)NC1=O. The van der Waals surface area contributed by atoms with Crippen molar-refractivity contribution in [2.24, 2.45) is 58.3 Å². The number of nitrogens with two attached hydrogens (primary N) is 5.